The van der Waals surface area contributed by atoms with Crippen molar-refractivity contribution < 1.29 is 14.3 Å². The van der Waals surface area contributed by atoms with E-state index in [0.717, 1.165) is 37.0 Å². The molecule has 0 atom stereocenters. The van der Waals surface area contributed by atoms with Gasteiger partial charge in [-0.05, 0) is 32.1 Å². The lowest BCUT2D eigenvalue weighted by molar-refractivity contribution is -0.140. The third kappa shape index (κ3) is 4.87. The molecule has 2 heterocycles. The molecule has 1 aliphatic carbocycles. The third-order valence-electron chi connectivity index (χ3n) is 4.39. The summed E-state index contributed by atoms with van der Waals surface area (Å²) >= 11 is 1.43. The van der Waals surface area contributed by atoms with Gasteiger partial charge in [-0.15, -0.1) is 10.2 Å². The number of carbonyl (C=O) groups excluding carboxylic acids is 2. The number of carbonyl (C=O) groups is 2. The zero-order chi connectivity index (χ0) is 17.6. The predicted octanol–water partition coefficient (Wildman–Crippen LogP) is 1.37. The first-order chi connectivity index (χ1) is 12.2. The van der Waals surface area contributed by atoms with Crippen LogP contribution in [0.15, 0.2) is 5.16 Å². The number of nitrogens with one attached hydrogen (secondary N) is 1. The molecule has 0 unspecified atom stereocenters. The second-order valence-corrected chi connectivity index (χ2v) is 7.34. The molecule has 1 saturated heterocycles. The Morgan fingerprint density at radius 1 is 1.28 bits per heavy atom. The number of ether oxygens (including phenoxy) is 1. The van der Waals surface area contributed by atoms with Gasteiger partial charge < -0.3 is 15.0 Å². The second-order valence-electron chi connectivity index (χ2n) is 6.40. The van der Waals surface area contributed by atoms with Crippen molar-refractivity contribution in [3.8, 4) is 0 Å². The molecule has 1 aliphatic heterocycles. The van der Waals surface area contributed by atoms with Crippen LogP contribution in [0.25, 0.3) is 0 Å². The van der Waals surface area contributed by atoms with Crippen molar-refractivity contribution in [3.63, 3.8) is 0 Å². The monoisotopic (exact) mass is 367 g/mol. The Morgan fingerprint density at radius 3 is 2.72 bits per heavy atom. The van der Waals surface area contributed by atoms with Crippen LogP contribution >= 0.6 is 11.8 Å². The molecule has 0 bridgehead atoms. The summed E-state index contributed by atoms with van der Waals surface area (Å²) in [6.07, 6.45) is 5.62. The van der Waals surface area contributed by atoms with E-state index in [1.54, 1.807) is 0 Å². The fraction of sp³-hybridized carbons (Fsp3) is 0.750. The van der Waals surface area contributed by atoms with E-state index in [4.69, 9.17) is 0 Å². The number of thioether (sulfide) groups is 1. The highest BCUT2D eigenvalue weighted by Gasteiger charge is 2.32. The molecule has 1 aromatic heterocycles. The van der Waals surface area contributed by atoms with Crippen molar-refractivity contribution >= 4 is 29.6 Å². The summed E-state index contributed by atoms with van der Waals surface area (Å²) in [4.78, 5) is 25.3. The van der Waals surface area contributed by atoms with Gasteiger partial charge in [-0.25, -0.2) is 0 Å². The summed E-state index contributed by atoms with van der Waals surface area (Å²) < 4.78 is 6.78. The maximum absolute atomic E-state index is 12.0. The third-order valence-corrected chi connectivity index (χ3v) is 5.33. The van der Waals surface area contributed by atoms with Gasteiger partial charge in [-0.1, -0.05) is 11.8 Å². The first kappa shape index (κ1) is 18.0. The summed E-state index contributed by atoms with van der Waals surface area (Å²) in [5, 5.41) is 12.3. The minimum absolute atomic E-state index is 0.0528. The average molecular weight is 367 g/mol. The lowest BCUT2D eigenvalue weighted by atomic mass is 10.3. The molecular weight excluding hydrogens is 342 g/mol. The SMILES string of the molecule is COC(=O)CCCNC(=O)CSc1nnc(N2CCCC2)n1C1CC1. The van der Waals surface area contributed by atoms with Crippen LogP contribution in [0.1, 0.15) is 44.6 Å². The molecular formula is C16H25N5O3S. The fourth-order valence-electron chi connectivity index (χ4n) is 2.90. The number of amides is 1. The Bertz CT molecular complexity index is 611. The van der Waals surface area contributed by atoms with Gasteiger partial charge in [0.2, 0.25) is 11.9 Å². The van der Waals surface area contributed by atoms with Crippen LogP contribution in [0.2, 0.25) is 0 Å². The molecule has 1 amide bonds. The number of hydrogen-bond acceptors (Lipinski definition) is 7. The van der Waals surface area contributed by atoms with Crippen molar-refractivity contribution in [2.45, 2.75) is 49.7 Å². The normalized spacial score (nSPS) is 16.9. The van der Waals surface area contributed by atoms with Crippen LogP contribution < -0.4 is 10.2 Å². The predicted molar refractivity (Wildman–Crippen MR) is 94.7 cm³/mol. The largest absolute Gasteiger partial charge is 0.469 e. The lowest BCUT2D eigenvalue weighted by Crippen LogP contribution is -2.27. The highest BCUT2D eigenvalue weighted by Crippen LogP contribution is 2.41. The van der Waals surface area contributed by atoms with Gasteiger partial charge in [0, 0.05) is 32.1 Å². The number of rotatable bonds is 9. The van der Waals surface area contributed by atoms with E-state index in [0.29, 0.717) is 31.2 Å². The first-order valence-electron chi connectivity index (χ1n) is 8.85. The van der Waals surface area contributed by atoms with E-state index in [-0.39, 0.29) is 11.9 Å². The topological polar surface area (TPSA) is 89.3 Å². The fourth-order valence-corrected chi connectivity index (χ4v) is 3.73. The smallest absolute Gasteiger partial charge is 0.305 e. The van der Waals surface area contributed by atoms with Crippen LogP contribution in [0.5, 0.6) is 0 Å². The number of aromatic nitrogens is 3. The van der Waals surface area contributed by atoms with Crippen LogP contribution in [0, 0.1) is 0 Å². The average Bonchev–Trinajstić information content (AvgIpc) is 3.14. The maximum Gasteiger partial charge on any atom is 0.305 e. The number of nitrogens with zero attached hydrogens (tertiary/aromatic N) is 4. The van der Waals surface area contributed by atoms with Crippen LogP contribution in [0.4, 0.5) is 5.95 Å². The second kappa shape index (κ2) is 8.55. The van der Waals surface area contributed by atoms with Gasteiger partial charge in [-0.2, -0.15) is 0 Å². The van der Waals surface area contributed by atoms with E-state index < -0.39 is 0 Å². The standard InChI is InChI=1S/C16H25N5O3S/c1-24-14(23)5-4-8-17-13(22)11-25-16-19-18-15(20-9-2-3-10-20)21(16)12-6-7-12/h12H,2-11H2,1H3,(H,17,22). The van der Waals surface area contributed by atoms with E-state index in [9.17, 15) is 9.59 Å². The maximum atomic E-state index is 12.0. The zero-order valence-corrected chi connectivity index (χ0v) is 15.4. The first-order valence-corrected chi connectivity index (χ1v) is 9.83. The van der Waals surface area contributed by atoms with Gasteiger partial charge >= 0.3 is 5.97 Å². The number of methoxy groups -OCH3 is 1. The minimum Gasteiger partial charge on any atom is -0.469 e. The molecule has 0 spiro atoms. The van der Waals surface area contributed by atoms with Gasteiger partial charge in [0.1, 0.15) is 0 Å². The molecule has 3 rings (SSSR count). The van der Waals surface area contributed by atoms with Crippen LogP contribution in [-0.2, 0) is 14.3 Å². The lowest BCUT2D eigenvalue weighted by Gasteiger charge is -2.17. The summed E-state index contributed by atoms with van der Waals surface area (Å²) in [6, 6.07) is 0.483. The minimum atomic E-state index is -0.254. The molecule has 8 nitrogen and oxygen atoms in total. The van der Waals surface area contributed by atoms with E-state index in [2.05, 4.69) is 29.7 Å². The molecule has 9 heteroatoms. The number of esters is 1. The Labute approximate surface area is 151 Å². The van der Waals surface area contributed by atoms with E-state index >= 15 is 0 Å². The van der Waals surface area contributed by atoms with Crippen LogP contribution in [0.3, 0.4) is 0 Å². The molecule has 2 fully saturated rings. The molecule has 1 aromatic rings. The molecule has 1 N–H and O–H groups in total. The summed E-state index contributed by atoms with van der Waals surface area (Å²) in [5.41, 5.74) is 0. The Morgan fingerprint density at radius 2 is 2.04 bits per heavy atom. The molecule has 0 aromatic carbocycles. The quantitative estimate of drug-likeness (QED) is 0.400. The van der Waals surface area contributed by atoms with Gasteiger partial charge in [0.15, 0.2) is 5.16 Å². The molecule has 1 saturated carbocycles. The van der Waals surface area contributed by atoms with Gasteiger partial charge in [0.25, 0.3) is 0 Å². The highest BCUT2D eigenvalue weighted by atomic mass is 32.2. The van der Waals surface area contributed by atoms with Crippen LogP contribution in [-0.4, -0.2) is 59.1 Å². The van der Waals surface area contributed by atoms with Crippen molar-refractivity contribution in [3.05, 3.63) is 0 Å². The summed E-state index contributed by atoms with van der Waals surface area (Å²) in [6.45, 7) is 2.55. The Hall–Kier alpha value is -1.77. The molecule has 138 valence electrons. The van der Waals surface area contributed by atoms with Gasteiger partial charge in [-0.3, -0.25) is 14.2 Å². The van der Waals surface area contributed by atoms with Crippen molar-refractivity contribution in [2.24, 2.45) is 0 Å². The van der Waals surface area contributed by atoms with Gasteiger partial charge in [0.05, 0.1) is 12.9 Å². The number of anilines is 1. The Kier molecular flexibility index (Phi) is 6.17. The highest BCUT2D eigenvalue weighted by molar-refractivity contribution is 7.99. The van der Waals surface area contributed by atoms with E-state index in [1.165, 1.54) is 31.7 Å². The number of hydrogen-bond donors (Lipinski definition) is 1. The van der Waals surface area contributed by atoms with Crippen molar-refractivity contribution in [2.75, 3.05) is 37.4 Å². The molecule has 2 aliphatic rings. The summed E-state index contributed by atoms with van der Waals surface area (Å²) in [7, 11) is 1.37. The van der Waals surface area contributed by atoms with Crippen molar-refractivity contribution in [1.82, 2.24) is 20.1 Å². The van der Waals surface area contributed by atoms with Crippen molar-refractivity contribution in [1.29, 1.82) is 0 Å². The zero-order valence-electron chi connectivity index (χ0n) is 14.6. The Balaban J connectivity index is 1.48. The summed E-state index contributed by atoms with van der Waals surface area (Å²) in [5.74, 6) is 0.961. The molecule has 25 heavy (non-hydrogen) atoms. The van der Waals surface area contributed by atoms with E-state index in [1.807, 2.05) is 0 Å². The molecule has 0 radical (unpaired) electrons.